The van der Waals surface area contributed by atoms with Crippen molar-refractivity contribution >= 4 is 6.08 Å². The van der Waals surface area contributed by atoms with Gasteiger partial charge in [-0.1, -0.05) is 12.2 Å². The Labute approximate surface area is 76.0 Å². The molecule has 0 aliphatic rings. The molecule has 1 rings (SSSR count). The molecule has 0 radical (unpaired) electrons. The number of aromatic hydroxyl groups is 1. The predicted molar refractivity (Wildman–Crippen MR) is 48.8 cm³/mol. The van der Waals surface area contributed by atoms with Gasteiger partial charge in [0.1, 0.15) is 11.6 Å². The molecule has 0 aliphatic heterocycles. The number of aliphatic hydroxyl groups is 1. The SMILES string of the molecule is OCCC=Cc1cc(O)cc(F)c1. The van der Waals surface area contributed by atoms with Crippen LogP contribution in [0.15, 0.2) is 24.3 Å². The van der Waals surface area contributed by atoms with Gasteiger partial charge in [0, 0.05) is 12.7 Å². The maximum absolute atomic E-state index is 12.7. The maximum atomic E-state index is 12.7. The van der Waals surface area contributed by atoms with E-state index < -0.39 is 5.82 Å². The first-order valence-corrected chi connectivity index (χ1v) is 3.99. The molecule has 2 nitrogen and oxygen atoms in total. The van der Waals surface area contributed by atoms with Crippen LogP contribution in [0.5, 0.6) is 5.75 Å². The topological polar surface area (TPSA) is 40.5 Å². The number of benzene rings is 1. The van der Waals surface area contributed by atoms with Gasteiger partial charge in [-0.15, -0.1) is 0 Å². The lowest BCUT2D eigenvalue weighted by molar-refractivity contribution is 0.303. The Morgan fingerprint density at radius 2 is 2.08 bits per heavy atom. The molecular weight excluding hydrogens is 171 g/mol. The van der Waals surface area contributed by atoms with E-state index in [0.29, 0.717) is 12.0 Å². The zero-order valence-electron chi connectivity index (χ0n) is 7.07. The quantitative estimate of drug-likeness (QED) is 0.749. The third-order valence-electron chi connectivity index (χ3n) is 1.51. The summed E-state index contributed by atoms with van der Waals surface area (Å²) in [5.41, 5.74) is 0.589. The monoisotopic (exact) mass is 182 g/mol. The summed E-state index contributed by atoms with van der Waals surface area (Å²) < 4.78 is 12.7. The largest absolute Gasteiger partial charge is 0.508 e. The first kappa shape index (κ1) is 9.74. The van der Waals surface area contributed by atoms with E-state index in [-0.39, 0.29) is 12.4 Å². The summed E-state index contributed by atoms with van der Waals surface area (Å²) in [7, 11) is 0. The van der Waals surface area contributed by atoms with Crippen molar-refractivity contribution in [2.75, 3.05) is 6.61 Å². The molecule has 13 heavy (non-hydrogen) atoms. The second-order valence-electron chi connectivity index (χ2n) is 2.66. The molecule has 0 spiro atoms. The van der Waals surface area contributed by atoms with Crippen LogP contribution >= 0.6 is 0 Å². The highest BCUT2D eigenvalue weighted by atomic mass is 19.1. The van der Waals surface area contributed by atoms with E-state index in [1.807, 2.05) is 0 Å². The number of hydrogen-bond acceptors (Lipinski definition) is 2. The Morgan fingerprint density at radius 1 is 1.31 bits per heavy atom. The minimum Gasteiger partial charge on any atom is -0.508 e. The molecule has 0 atom stereocenters. The van der Waals surface area contributed by atoms with Crippen LogP contribution in [0.1, 0.15) is 12.0 Å². The molecule has 1 aromatic rings. The first-order valence-electron chi connectivity index (χ1n) is 3.99. The standard InChI is InChI=1S/C10H11FO2/c11-9-5-8(3-1-2-4-12)6-10(13)7-9/h1,3,5-7,12-13H,2,4H2. The van der Waals surface area contributed by atoms with Gasteiger partial charge < -0.3 is 10.2 Å². The number of aliphatic hydroxyl groups excluding tert-OH is 1. The normalized spacial score (nSPS) is 10.9. The maximum Gasteiger partial charge on any atom is 0.127 e. The first-order chi connectivity index (χ1) is 6.22. The van der Waals surface area contributed by atoms with Gasteiger partial charge in [-0.05, 0) is 24.1 Å². The Morgan fingerprint density at radius 3 is 2.69 bits per heavy atom. The Kier molecular flexibility index (Phi) is 3.46. The van der Waals surface area contributed by atoms with Crippen molar-refractivity contribution in [3.8, 4) is 5.75 Å². The van der Waals surface area contributed by atoms with Crippen LogP contribution in [0.4, 0.5) is 4.39 Å². The van der Waals surface area contributed by atoms with Crippen LogP contribution in [-0.2, 0) is 0 Å². The molecule has 0 aromatic heterocycles. The molecule has 70 valence electrons. The average molecular weight is 182 g/mol. The predicted octanol–water partition coefficient (Wildman–Crippen LogP) is 1.93. The molecule has 0 fully saturated rings. The van der Waals surface area contributed by atoms with Crippen molar-refractivity contribution in [3.63, 3.8) is 0 Å². The van der Waals surface area contributed by atoms with Gasteiger partial charge in [-0.3, -0.25) is 0 Å². The van der Waals surface area contributed by atoms with Crippen molar-refractivity contribution < 1.29 is 14.6 Å². The Bertz CT molecular complexity index is 288. The molecule has 0 saturated carbocycles. The van der Waals surface area contributed by atoms with Gasteiger partial charge in [-0.2, -0.15) is 0 Å². The van der Waals surface area contributed by atoms with Crippen LogP contribution in [0.25, 0.3) is 6.08 Å². The summed E-state index contributed by atoms with van der Waals surface area (Å²) >= 11 is 0. The zero-order valence-corrected chi connectivity index (χ0v) is 7.07. The Balaban J connectivity index is 2.77. The molecule has 0 bridgehead atoms. The Hall–Kier alpha value is -1.35. The summed E-state index contributed by atoms with van der Waals surface area (Å²) in [6, 6.07) is 3.81. The van der Waals surface area contributed by atoms with E-state index >= 15 is 0 Å². The van der Waals surface area contributed by atoms with E-state index in [0.717, 1.165) is 6.07 Å². The van der Waals surface area contributed by atoms with Gasteiger partial charge in [0.15, 0.2) is 0 Å². The molecule has 0 unspecified atom stereocenters. The fraction of sp³-hybridized carbons (Fsp3) is 0.200. The fourth-order valence-corrected chi connectivity index (χ4v) is 0.986. The van der Waals surface area contributed by atoms with E-state index in [1.165, 1.54) is 12.1 Å². The third kappa shape index (κ3) is 3.25. The second-order valence-corrected chi connectivity index (χ2v) is 2.66. The zero-order chi connectivity index (χ0) is 9.68. The molecule has 3 heteroatoms. The van der Waals surface area contributed by atoms with Gasteiger partial charge in [-0.25, -0.2) is 4.39 Å². The van der Waals surface area contributed by atoms with Crippen LogP contribution in [-0.4, -0.2) is 16.8 Å². The number of rotatable bonds is 3. The highest BCUT2D eigenvalue weighted by molar-refractivity contribution is 5.51. The van der Waals surface area contributed by atoms with E-state index in [9.17, 15) is 4.39 Å². The minimum atomic E-state index is -0.469. The second kappa shape index (κ2) is 4.62. The van der Waals surface area contributed by atoms with Crippen LogP contribution in [0, 0.1) is 5.82 Å². The van der Waals surface area contributed by atoms with Crippen LogP contribution in [0.3, 0.4) is 0 Å². The highest BCUT2D eigenvalue weighted by Gasteiger charge is 1.95. The summed E-state index contributed by atoms with van der Waals surface area (Å²) in [6.45, 7) is 0.0673. The summed E-state index contributed by atoms with van der Waals surface area (Å²) in [5, 5.41) is 17.5. The van der Waals surface area contributed by atoms with Gasteiger partial charge >= 0.3 is 0 Å². The van der Waals surface area contributed by atoms with Gasteiger partial charge in [0.25, 0.3) is 0 Å². The molecule has 0 heterocycles. The summed E-state index contributed by atoms with van der Waals surface area (Å²) in [4.78, 5) is 0. The highest BCUT2D eigenvalue weighted by Crippen LogP contribution is 2.15. The van der Waals surface area contributed by atoms with Crippen molar-refractivity contribution in [1.82, 2.24) is 0 Å². The molecule has 1 aromatic carbocycles. The fourth-order valence-electron chi connectivity index (χ4n) is 0.986. The number of halogens is 1. The van der Waals surface area contributed by atoms with Crippen molar-refractivity contribution in [2.24, 2.45) is 0 Å². The number of phenolic OH excluding ortho intramolecular Hbond substituents is 1. The summed E-state index contributed by atoms with van der Waals surface area (Å²) in [5.74, 6) is -0.563. The minimum absolute atomic E-state index is 0.0673. The summed E-state index contributed by atoms with van der Waals surface area (Å²) in [6.07, 6.45) is 3.89. The lowest BCUT2D eigenvalue weighted by Crippen LogP contribution is -1.79. The molecule has 0 saturated heterocycles. The third-order valence-corrected chi connectivity index (χ3v) is 1.51. The average Bonchev–Trinajstić information content (AvgIpc) is 2.03. The molecule has 2 N–H and O–H groups in total. The van der Waals surface area contributed by atoms with Crippen molar-refractivity contribution in [2.45, 2.75) is 6.42 Å². The van der Waals surface area contributed by atoms with E-state index in [2.05, 4.69) is 0 Å². The lowest BCUT2D eigenvalue weighted by Gasteiger charge is -1.96. The van der Waals surface area contributed by atoms with Gasteiger partial charge in [0.05, 0.1) is 0 Å². The number of hydrogen-bond donors (Lipinski definition) is 2. The van der Waals surface area contributed by atoms with E-state index in [4.69, 9.17) is 10.2 Å². The smallest absolute Gasteiger partial charge is 0.127 e. The van der Waals surface area contributed by atoms with Crippen molar-refractivity contribution in [1.29, 1.82) is 0 Å². The van der Waals surface area contributed by atoms with Crippen LogP contribution in [0.2, 0.25) is 0 Å². The van der Waals surface area contributed by atoms with Crippen molar-refractivity contribution in [3.05, 3.63) is 35.7 Å². The number of phenols is 1. The van der Waals surface area contributed by atoms with Crippen LogP contribution < -0.4 is 0 Å². The van der Waals surface area contributed by atoms with E-state index in [1.54, 1.807) is 12.2 Å². The molecule has 0 amide bonds. The lowest BCUT2D eigenvalue weighted by atomic mass is 10.2. The van der Waals surface area contributed by atoms with Gasteiger partial charge in [0.2, 0.25) is 0 Å². The molecule has 0 aliphatic carbocycles. The molecular formula is C10H11FO2.